The van der Waals surface area contributed by atoms with E-state index in [2.05, 4.69) is 23.8 Å². The largest absolute Gasteiger partial charge is 0.389 e. The molecule has 0 aromatic carbocycles. The van der Waals surface area contributed by atoms with Crippen molar-refractivity contribution in [1.82, 2.24) is 9.97 Å². The van der Waals surface area contributed by atoms with Crippen molar-refractivity contribution >= 4 is 27.4 Å². The minimum atomic E-state index is -0.528. The molecule has 104 valence electrons. The number of aliphatic hydroxyl groups excluding tert-OH is 1. The third-order valence-corrected chi connectivity index (χ3v) is 4.27. The molecule has 0 amide bonds. The van der Waals surface area contributed by atoms with Gasteiger partial charge in [0.25, 0.3) is 0 Å². The summed E-state index contributed by atoms with van der Waals surface area (Å²) in [5.41, 5.74) is 1.21. The molecule has 2 heterocycles. The Balaban J connectivity index is 2.34. The van der Waals surface area contributed by atoms with Crippen molar-refractivity contribution in [1.29, 1.82) is 0 Å². The van der Waals surface area contributed by atoms with Crippen LogP contribution in [-0.2, 0) is 4.74 Å². The van der Waals surface area contributed by atoms with Crippen LogP contribution in [0.1, 0.15) is 10.4 Å². The molecule has 2 aromatic rings. The summed E-state index contributed by atoms with van der Waals surface area (Å²) in [6.07, 6.45) is 1.05. The normalized spacial score (nSPS) is 12.9. The van der Waals surface area contributed by atoms with E-state index in [9.17, 15) is 5.11 Å². The minimum absolute atomic E-state index is 0.320. The van der Waals surface area contributed by atoms with Crippen LogP contribution in [0.4, 0.5) is 5.82 Å². The number of hydrogen-bond acceptors (Lipinski definition) is 6. The van der Waals surface area contributed by atoms with Crippen molar-refractivity contribution in [3.63, 3.8) is 0 Å². The summed E-state index contributed by atoms with van der Waals surface area (Å²) in [5, 5.41) is 10.9. The molecule has 0 aliphatic carbocycles. The van der Waals surface area contributed by atoms with Crippen LogP contribution in [0.15, 0.2) is 6.33 Å². The number of methoxy groups -OCH3 is 1. The molecule has 0 fully saturated rings. The highest BCUT2D eigenvalue weighted by molar-refractivity contribution is 7.18. The van der Waals surface area contributed by atoms with Crippen LogP contribution in [0.2, 0.25) is 0 Å². The van der Waals surface area contributed by atoms with Crippen molar-refractivity contribution < 1.29 is 9.84 Å². The van der Waals surface area contributed by atoms with Gasteiger partial charge in [-0.25, -0.2) is 9.97 Å². The topological polar surface area (TPSA) is 58.5 Å². The molecular weight excluding hydrogens is 262 g/mol. The SMILES string of the molecule is COC[C@H](O)CN(C)c1ncnc2sc(C)c(C)c12. The molecule has 0 aliphatic rings. The molecule has 1 N–H and O–H groups in total. The average Bonchev–Trinajstić information content (AvgIpc) is 2.65. The summed E-state index contributed by atoms with van der Waals surface area (Å²) < 4.78 is 4.95. The fourth-order valence-electron chi connectivity index (χ4n) is 2.10. The minimum Gasteiger partial charge on any atom is -0.389 e. The Morgan fingerprint density at radius 3 is 2.84 bits per heavy atom. The van der Waals surface area contributed by atoms with Gasteiger partial charge in [-0.2, -0.15) is 0 Å². The van der Waals surface area contributed by atoms with Gasteiger partial charge in [-0.1, -0.05) is 0 Å². The molecule has 0 bridgehead atoms. The first kappa shape index (κ1) is 14.2. The van der Waals surface area contributed by atoms with Gasteiger partial charge in [-0.15, -0.1) is 11.3 Å². The predicted molar refractivity (Wildman–Crippen MR) is 78.0 cm³/mol. The van der Waals surface area contributed by atoms with Crippen LogP contribution in [0.3, 0.4) is 0 Å². The first-order chi connectivity index (χ1) is 9.04. The Morgan fingerprint density at radius 2 is 2.16 bits per heavy atom. The average molecular weight is 281 g/mol. The summed E-state index contributed by atoms with van der Waals surface area (Å²) >= 11 is 1.67. The fraction of sp³-hybridized carbons (Fsp3) is 0.538. The molecule has 2 rings (SSSR count). The highest BCUT2D eigenvalue weighted by Gasteiger charge is 2.16. The lowest BCUT2D eigenvalue weighted by molar-refractivity contribution is 0.0694. The maximum Gasteiger partial charge on any atom is 0.140 e. The van der Waals surface area contributed by atoms with Gasteiger partial charge in [0.1, 0.15) is 17.0 Å². The molecule has 19 heavy (non-hydrogen) atoms. The van der Waals surface area contributed by atoms with E-state index < -0.39 is 6.10 Å². The molecule has 0 unspecified atom stereocenters. The van der Waals surface area contributed by atoms with Crippen molar-refractivity contribution in [3.8, 4) is 0 Å². The zero-order valence-electron chi connectivity index (χ0n) is 11.7. The maximum absolute atomic E-state index is 9.82. The second-order valence-electron chi connectivity index (χ2n) is 4.65. The van der Waals surface area contributed by atoms with Gasteiger partial charge < -0.3 is 14.7 Å². The molecule has 2 aromatic heterocycles. The number of aromatic nitrogens is 2. The highest BCUT2D eigenvalue weighted by Crippen LogP contribution is 2.33. The van der Waals surface area contributed by atoms with Crippen molar-refractivity contribution in [3.05, 3.63) is 16.8 Å². The summed E-state index contributed by atoms with van der Waals surface area (Å²) in [5.74, 6) is 0.863. The molecule has 0 aliphatic heterocycles. The molecule has 1 atom stereocenters. The van der Waals surface area contributed by atoms with Crippen LogP contribution >= 0.6 is 11.3 Å². The van der Waals surface area contributed by atoms with Gasteiger partial charge in [0.15, 0.2) is 0 Å². The molecule has 0 spiro atoms. The highest BCUT2D eigenvalue weighted by atomic mass is 32.1. The number of fused-ring (bicyclic) bond motifs is 1. The number of likely N-dealkylation sites (N-methyl/N-ethyl adjacent to an activating group) is 1. The number of aryl methyl sites for hydroxylation is 2. The van der Waals surface area contributed by atoms with Crippen LogP contribution in [0, 0.1) is 13.8 Å². The predicted octanol–water partition coefficient (Wildman–Crippen LogP) is 1.75. The summed E-state index contributed by atoms with van der Waals surface area (Å²) in [4.78, 5) is 12.9. The van der Waals surface area contributed by atoms with Crippen molar-refractivity contribution in [2.75, 3.05) is 32.2 Å². The molecule has 0 saturated carbocycles. The van der Waals surface area contributed by atoms with Gasteiger partial charge in [0.2, 0.25) is 0 Å². The Hall–Kier alpha value is -1.24. The zero-order chi connectivity index (χ0) is 14.0. The number of anilines is 1. The van der Waals surface area contributed by atoms with Crippen LogP contribution < -0.4 is 4.90 Å². The number of aliphatic hydroxyl groups is 1. The Kier molecular flexibility index (Phi) is 4.34. The maximum atomic E-state index is 9.82. The van der Waals surface area contributed by atoms with Gasteiger partial charge in [-0.05, 0) is 19.4 Å². The molecule has 0 radical (unpaired) electrons. The van der Waals surface area contributed by atoms with E-state index in [4.69, 9.17) is 4.74 Å². The molecule has 6 heteroatoms. The van der Waals surface area contributed by atoms with Crippen LogP contribution in [0.5, 0.6) is 0 Å². The van der Waals surface area contributed by atoms with E-state index in [1.54, 1.807) is 24.8 Å². The third kappa shape index (κ3) is 2.86. The molecule has 5 nitrogen and oxygen atoms in total. The first-order valence-electron chi connectivity index (χ1n) is 6.13. The third-order valence-electron chi connectivity index (χ3n) is 3.15. The monoisotopic (exact) mass is 281 g/mol. The van der Waals surface area contributed by atoms with Gasteiger partial charge >= 0.3 is 0 Å². The lowest BCUT2D eigenvalue weighted by atomic mass is 10.2. The number of hydrogen-bond donors (Lipinski definition) is 1. The molecular formula is C13H19N3O2S. The number of rotatable bonds is 5. The standard InChI is InChI=1S/C13H19N3O2S/c1-8-9(2)19-13-11(8)12(14-7-15-13)16(3)5-10(17)6-18-4/h7,10,17H,5-6H2,1-4H3/t10-/m1/s1. The van der Waals surface area contributed by atoms with Crippen LogP contribution in [0.25, 0.3) is 10.2 Å². The quantitative estimate of drug-likeness (QED) is 0.905. The Bertz CT molecular complexity index is 570. The van der Waals surface area contributed by atoms with E-state index in [-0.39, 0.29) is 0 Å². The summed E-state index contributed by atoms with van der Waals surface area (Å²) in [6.45, 7) is 4.97. The summed E-state index contributed by atoms with van der Waals surface area (Å²) in [6, 6.07) is 0. The van der Waals surface area contributed by atoms with E-state index in [0.29, 0.717) is 13.2 Å². The van der Waals surface area contributed by atoms with E-state index in [1.807, 2.05) is 11.9 Å². The van der Waals surface area contributed by atoms with E-state index in [1.165, 1.54) is 10.4 Å². The number of ether oxygens (including phenoxy) is 1. The van der Waals surface area contributed by atoms with E-state index in [0.717, 1.165) is 16.0 Å². The molecule has 0 saturated heterocycles. The fourth-order valence-corrected chi connectivity index (χ4v) is 3.09. The van der Waals surface area contributed by atoms with Crippen LogP contribution in [-0.4, -0.2) is 48.5 Å². The van der Waals surface area contributed by atoms with Gasteiger partial charge in [0.05, 0.1) is 18.1 Å². The second-order valence-corrected chi connectivity index (χ2v) is 5.85. The first-order valence-corrected chi connectivity index (χ1v) is 6.95. The number of thiophene rings is 1. The van der Waals surface area contributed by atoms with Gasteiger partial charge in [0, 0.05) is 25.6 Å². The summed E-state index contributed by atoms with van der Waals surface area (Å²) in [7, 11) is 3.51. The van der Waals surface area contributed by atoms with E-state index >= 15 is 0 Å². The van der Waals surface area contributed by atoms with Crippen molar-refractivity contribution in [2.24, 2.45) is 0 Å². The number of nitrogens with zero attached hydrogens (tertiary/aromatic N) is 3. The van der Waals surface area contributed by atoms with Crippen molar-refractivity contribution in [2.45, 2.75) is 20.0 Å². The van der Waals surface area contributed by atoms with Gasteiger partial charge in [-0.3, -0.25) is 0 Å². The Labute approximate surface area is 116 Å². The second kappa shape index (κ2) is 5.81. The smallest absolute Gasteiger partial charge is 0.140 e. The lowest BCUT2D eigenvalue weighted by Gasteiger charge is -2.22. The zero-order valence-corrected chi connectivity index (χ0v) is 12.5. The Morgan fingerprint density at radius 1 is 1.42 bits per heavy atom. The lowest BCUT2D eigenvalue weighted by Crippen LogP contribution is -2.32.